The number of hydrogen-bond donors (Lipinski definition) is 3. The molecule has 0 spiro atoms. The van der Waals surface area contributed by atoms with Gasteiger partial charge < -0.3 is 10.6 Å². The maximum atomic E-state index is 13.3. The number of pyridine rings is 1. The molecule has 2 aromatic carbocycles. The van der Waals surface area contributed by atoms with Crippen LogP contribution in [0.5, 0.6) is 0 Å². The van der Waals surface area contributed by atoms with Crippen LogP contribution in [0.4, 0.5) is 17.1 Å². The molecule has 1 saturated heterocycles. The molecule has 0 saturated carbocycles. The number of para-hydroxylation sites is 1. The Bertz CT molecular complexity index is 1550. The second-order valence-electron chi connectivity index (χ2n) is 11.7. The van der Waals surface area contributed by atoms with Crippen molar-refractivity contribution in [3.05, 3.63) is 82.5 Å². The predicted molar refractivity (Wildman–Crippen MR) is 168 cm³/mol. The molecule has 3 heterocycles. The summed E-state index contributed by atoms with van der Waals surface area (Å²) in [5, 5.41) is 18.6. The molecule has 3 N–H and O–H groups in total. The molecule has 0 radical (unpaired) electrons. The first-order valence-electron chi connectivity index (χ1n) is 15.0. The highest BCUT2D eigenvalue weighted by Gasteiger charge is 2.41. The summed E-state index contributed by atoms with van der Waals surface area (Å²) in [4.78, 5) is 61.7. The highest BCUT2D eigenvalue weighted by Crippen LogP contribution is 2.42. The molecular weight excluding hydrogens is 578 g/mol. The number of amides is 2. The van der Waals surface area contributed by atoms with Crippen molar-refractivity contribution in [2.75, 3.05) is 36.7 Å². The number of Topliss-reactive ketones (excluding diaryl/α,β-unsaturated/α-hetero) is 1. The molecule has 45 heavy (non-hydrogen) atoms. The molecule has 1 fully saturated rings. The summed E-state index contributed by atoms with van der Waals surface area (Å²) in [6.07, 6.45) is 3.01. The normalized spacial score (nSPS) is 16.6. The fourth-order valence-corrected chi connectivity index (χ4v) is 5.69. The molecule has 0 bridgehead atoms. The van der Waals surface area contributed by atoms with Crippen molar-refractivity contribution in [3.8, 4) is 11.3 Å². The van der Waals surface area contributed by atoms with Gasteiger partial charge in [0.2, 0.25) is 11.8 Å². The SMILES string of the molecule is CC(C)CC(C(=O)NCC(=O)CNC(=O)Cc1cccc(-c2ccccn2)c1)N1CCC(N2ONc3cccc([N+](=O)[O-])c32)C1. The van der Waals surface area contributed by atoms with Crippen molar-refractivity contribution in [2.24, 2.45) is 5.92 Å². The second-order valence-corrected chi connectivity index (χ2v) is 11.7. The van der Waals surface area contributed by atoms with Crippen LogP contribution < -0.4 is 21.2 Å². The fourth-order valence-electron chi connectivity index (χ4n) is 5.69. The monoisotopic (exact) mass is 615 g/mol. The summed E-state index contributed by atoms with van der Waals surface area (Å²) < 4.78 is 0. The van der Waals surface area contributed by atoms with Gasteiger partial charge >= 0.3 is 0 Å². The Kier molecular flexibility index (Phi) is 10.0. The van der Waals surface area contributed by atoms with E-state index in [1.807, 2.05) is 61.2 Å². The minimum absolute atomic E-state index is 0.0592. The van der Waals surface area contributed by atoms with Gasteiger partial charge in [-0.1, -0.05) is 44.2 Å². The van der Waals surface area contributed by atoms with Crippen LogP contribution in [0.2, 0.25) is 0 Å². The van der Waals surface area contributed by atoms with E-state index in [9.17, 15) is 24.5 Å². The van der Waals surface area contributed by atoms with Crippen molar-refractivity contribution in [3.63, 3.8) is 0 Å². The highest BCUT2D eigenvalue weighted by molar-refractivity contribution is 5.91. The zero-order valence-electron chi connectivity index (χ0n) is 25.3. The van der Waals surface area contributed by atoms with Gasteiger partial charge in [0.05, 0.1) is 47.9 Å². The van der Waals surface area contributed by atoms with Crippen LogP contribution in [-0.4, -0.2) is 70.7 Å². The number of likely N-dealkylation sites (tertiary alicyclic amines) is 1. The molecular formula is C32H37N7O6. The lowest BCUT2D eigenvalue weighted by molar-refractivity contribution is -0.384. The van der Waals surface area contributed by atoms with E-state index in [1.54, 1.807) is 18.3 Å². The maximum absolute atomic E-state index is 13.3. The number of carbonyl (C=O) groups is 3. The van der Waals surface area contributed by atoms with Gasteiger partial charge in [-0.25, -0.2) is 10.5 Å². The quantitative estimate of drug-likeness (QED) is 0.192. The van der Waals surface area contributed by atoms with E-state index in [0.717, 1.165) is 16.8 Å². The summed E-state index contributed by atoms with van der Waals surface area (Å²) in [7, 11) is 0. The van der Waals surface area contributed by atoms with E-state index in [4.69, 9.17) is 4.94 Å². The minimum atomic E-state index is -0.496. The number of carbonyl (C=O) groups excluding carboxylic acids is 3. The lowest BCUT2D eigenvalue weighted by Crippen LogP contribution is -2.49. The number of benzene rings is 2. The first-order chi connectivity index (χ1) is 21.7. The fraction of sp³-hybridized carbons (Fsp3) is 0.375. The Labute approximate surface area is 261 Å². The van der Waals surface area contributed by atoms with E-state index >= 15 is 0 Å². The largest absolute Gasteiger partial charge is 0.349 e. The Balaban J connectivity index is 1.12. The second kappa shape index (κ2) is 14.3. The van der Waals surface area contributed by atoms with Crippen molar-refractivity contribution >= 4 is 34.7 Å². The average Bonchev–Trinajstić information content (AvgIpc) is 3.69. The summed E-state index contributed by atoms with van der Waals surface area (Å²) in [5.74, 6) is -0.684. The van der Waals surface area contributed by atoms with Crippen molar-refractivity contribution < 1.29 is 24.2 Å². The van der Waals surface area contributed by atoms with Gasteiger partial charge in [-0.05, 0) is 48.6 Å². The molecule has 1 aromatic heterocycles. The standard InChI is InChI=1S/C32H37N7O6/c1-21(2)15-29(37-14-12-24(20-37)38-31-27(36-45-38)10-6-11-28(31)39(43)44)32(42)35-19-25(40)18-34-30(41)17-22-7-5-8-23(16-22)26-9-3-4-13-33-26/h3-11,13,16,21,24,29,36H,12,14-15,17-20H2,1-2H3,(H,34,41)(H,35,42). The molecule has 2 atom stereocenters. The molecule has 236 valence electrons. The molecule has 13 heteroatoms. The van der Waals surface area contributed by atoms with E-state index in [-0.39, 0.29) is 54.8 Å². The topological polar surface area (TPSA) is 159 Å². The van der Waals surface area contributed by atoms with Crippen LogP contribution in [0.1, 0.15) is 32.3 Å². The van der Waals surface area contributed by atoms with Gasteiger partial charge in [-0.2, -0.15) is 4.94 Å². The van der Waals surface area contributed by atoms with Crippen LogP contribution in [-0.2, 0) is 25.7 Å². The van der Waals surface area contributed by atoms with Gasteiger partial charge in [0.15, 0.2) is 11.5 Å². The average molecular weight is 616 g/mol. The molecule has 2 amide bonds. The van der Waals surface area contributed by atoms with E-state index in [0.29, 0.717) is 37.3 Å². The van der Waals surface area contributed by atoms with Crippen molar-refractivity contribution in [1.29, 1.82) is 0 Å². The third kappa shape index (κ3) is 7.80. The molecule has 2 unspecified atom stereocenters. The molecule has 5 rings (SSSR count). The van der Waals surface area contributed by atoms with Crippen LogP contribution in [0, 0.1) is 16.0 Å². The third-order valence-corrected chi connectivity index (χ3v) is 7.85. The van der Waals surface area contributed by atoms with Gasteiger partial charge in [-0.3, -0.25) is 34.4 Å². The predicted octanol–water partition coefficient (Wildman–Crippen LogP) is 3.27. The lowest BCUT2D eigenvalue weighted by Gasteiger charge is -2.29. The van der Waals surface area contributed by atoms with E-state index < -0.39 is 11.0 Å². The molecule has 0 aliphatic carbocycles. The minimum Gasteiger partial charge on any atom is -0.349 e. The Morgan fingerprint density at radius 1 is 1.09 bits per heavy atom. The Morgan fingerprint density at radius 3 is 2.64 bits per heavy atom. The Hall–Kier alpha value is -4.88. The number of rotatable bonds is 13. The summed E-state index contributed by atoms with van der Waals surface area (Å²) in [5.41, 5.74) is 6.08. The Morgan fingerprint density at radius 2 is 1.89 bits per heavy atom. The van der Waals surface area contributed by atoms with Crippen LogP contribution in [0.15, 0.2) is 66.9 Å². The summed E-state index contributed by atoms with van der Waals surface area (Å²) in [6, 6.07) is 17.2. The number of hydroxylamine groups is 1. The lowest BCUT2D eigenvalue weighted by atomic mass is 10.0. The van der Waals surface area contributed by atoms with E-state index in [2.05, 4.69) is 21.1 Å². The third-order valence-electron chi connectivity index (χ3n) is 7.85. The number of nitrogens with one attached hydrogen (secondary N) is 3. The van der Waals surface area contributed by atoms with Gasteiger partial charge in [-0.15, -0.1) is 0 Å². The molecule has 2 aliphatic heterocycles. The maximum Gasteiger partial charge on any atom is 0.297 e. The number of aromatic nitrogens is 1. The zero-order chi connectivity index (χ0) is 31.9. The number of nitro groups is 1. The molecule has 3 aromatic rings. The number of anilines is 2. The summed E-state index contributed by atoms with van der Waals surface area (Å²) in [6.45, 7) is 4.66. The zero-order valence-corrected chi connectivity index (χ0v) is 25.3. The summed E-state index contributed by atoms with van der Waals surface area (Å²) >= 11 is 0. The van der Waals surface area contributed by atoms with Crippen LogP contribution in [0.25, 0.3) is 11.3 Å². The van der Waals surface area contributed by atoms with Crippen LogP contribution in [0.3, 0.4) is 0 Å². The van der Waals surface area contributed by atoms with Gasteiger partial charge in [0.25, 0.3) is 5.69 Å². The first-order valence-corrected chi connectivity index (χ1v) is 15.0. The number of nitro benzene ring substituents is 1. The van der Waals surface area contributed by atoms with Crippen molar-refractivity contribution in [1.82, 2.24) is 20.5 Å². The number of nitrogens with zero attached hydrogens (tertiary/aromatic N) is 4. The number of hydrogen-bond acceptors (Lipinski definition) is 10. The first kappa shape index (κ1) is 31.5. The number of ketones is 1. The highest BCUT2D eigenvalue weighted by atomic mass is 16.8. The van der Waals surface area contributed by atoms with Gasteiger partial charge in [0, 0.05) is 30.9 Å². The molecule has 2 aliphatic rings. The molecule has 13 nitrogen and oxygen atoms in total. The smallest absolute Gasteiger partial charge is 0.297 e. The van der Waals surface area contributed by atoms with Gasteiger partial charge in [0.1, 0.15) is 0 Å². The van der Waals surface area contributed by atoms with Crippen molar-refractivity contribution in [2.45, 2.75) is 45.2 Å². The van der Waals surface area contributed by atoms with E-state index in [1.165, 1.54) is 11.1 Å². The van der Waals surface area contributed by atoms with Crippen LogP contribution >= 0.6 is 0 Å². The number of fused-ring (bicyclic) bond motifs is 1.